The van der Waals surface area contributed by atoms with Crippen molar-refractivity contribution in [3.8, 4) is 11.5 Å². The predicted molar refractivity (Wildman–Crippen MR) is 124 cm³/mol. The van der Waals surface area contributed by atoms with Gasteiger partial charge >= 0.3 is 5.97 Å². The predicted octanol–water partition coefficient (Wildman–Crippen LogP) is 3.18. The van der Waals surface area contributed by atoms with E-state index in [1.807, 2.05) is 18.2 Å². The maximum absolute atomic E-state index is 13.6. The molecule has 0 bridgehead atoms. The number of aromatic nitrogens is 1. The van der Waals surface area contributed by atoms with Crippen LogP contribution >= 0.6 is 22.9 Å². The summed E-state index contributed by atoms with van der Waals surface area (Å²) in [7, 11) is 0. The van der Waals surface area contributed by atoms with E-state index in [1.165, 1.54) is 11.3 Å². The van der Waals surface area contributed by atoms with Gasteiger partial charge < -0.3 is 14.2 Å². The Morgan fingerprint density at radius 1 is 1.24 bits per heavy atom. The molecule has 0 amide bonds. The van der Waals surface area contributed by atoms with Gasteiger partial charge in [0.25, 0.3) is 5.56 Å². The van der Waals surface area contributed by atoms with Crippen molar-refractivity contribution in [2.75, 3.05) is 13.4 Å². The number of hydrogen-bond acceptors (Lipinski definition) is 7. The fraction of sp³-hybridized carbons (Fsp3) is 0.208. The van der Waals surface area contributed by atoms with Gasteiger partial charge in [0.05, 0.1) is 28.5 Å². The third kappa shape index (κ3) is 3.85. The van der Waals surface area contributed by atoms with Gasteiger partial charge in [-0.05, 0) is 55.3 Å². The lowest BCUT2D eigenvalue weighted by molar-refractivity contribution is -0.139. The van der Waals surface area contributed by atoms with E-state index in [2.05, 4.69) is 4.99 Å². The summed E-state index contributed by atoms with van der Waals surface area (Å²) >= 11 is 7.35. The van der Waals surface area contributed by atoms with Crippen LogP contribution in [0.15, 0.2) is 63.5 Å². The minimum Gasteiger partial charge on any atom is -0.463 e. The molecule has 5 rings (SSSR count). The van der Waals surface area contributed by atoms with E-state index in [1.54, 1.807) is 48.8 Å². The van der Waals surface area contributed by atoms with Gasteiger partial charge in [-0.2, -0.15) is 0 Å². The van der Waals surface area contributed by atoms with Gasteiger partial charge in [-0.3, -0.25) is 9.36 Å². The molecule has 2 aliphatic rings. The van der Waals surface area contributed by atoms with Gasteiger partial charge in [-0.1, -0.05) is 41.1 Å². The van der Waals surface area contributed by atoms with E-state index in [0.717, 1.165) is 11.1 Å². The van der Waals surface area contributed by atoms with Crippen molar-refractivity contribution < 1.29 is 19.0 Å². The Labute approximate surface area is 197 Å². The molecule has 33 heavy (non-hydrogen) atoms. The molecule has 9 heteroatoms. The fourth-order valence-corrected chi connectivity index (χ4v) is 5.08. The van der Waals surface area contributed by atoms with Gasteiger partial charge in [0.2, 0.25) is 6.79 Å². The van der Waals surface area contributed by atoms with Gasteiger partial charge in [0, 0.05) is 5.02 Å². The number of carbonyl (C=O) groups excluding carboxylic acids is 1. The number of fused-ring (bicyclic) bond motifs is 2. The highest BCUT2D eigenvalue weighted by Crippen LogP contribution is 2.33. The van der Waals surface area contributed by atoms with Crippen molar-refractivity contribution in [3.05, 3.63) is 89.6 Å². The second-order valence-electron chi connectivity index (χ2n) is 7.47. The molecule has 0 radical (unpaired) electrons. The van der Waals surface area contributed by atoms with E-state index >= 15 is 0 Å². The molecule has 3 aromatic rings. The number of benzene rings is 2. The Kier molecular flexibility index (Phi) is 5.55. The highest BCUT2D eigenvalue weighted by Gasteiger charge is 2.33. The molecular weight excluding hydrogens is 464 g/mol. The van der Waals surface area contributed by atoms with Crippen molar-refractivity contribution in [2.45, 2.75) is 19.9 Å². The van der Waals surface area contributed by atoms with Crippen LogP contribution in [0.4, 0.5) is 0 Å². The second-order valence-corrected chi connectivity index (χ2v) is 8.91. The Balaban J connectivity index is 1.69. The zero-order valence-electron chi connectivity index (χ0n) is 17.8. The monoisotopic (exact) mass is 482 g/mol. The van der Waals surface area contributed by atoms with Gasteiger partial charge in [-0.25, -0.2) is 9.79 Å². The Hall–Kier alpha value is -3.36. The van der Waals surface area contributed by atoms with Gasteiger partial charge in [0.1, 0.15) is 0 Å². The first kappa shape index (κ1) is 21.5. The number of nitrogens with zero attached hydrogens (tertiary/aromatic N) is 2. The van der Waals surface area contributed by atoms with E-state index < -0.39 is 12.0 Å². The zero-order valence-corrected chi connectivity index (χ0v) is 19.4. The third-order valence-electron chi connectivity index (χ3n) is 5.40. The first-order valence-corrected chi connectivity index (χ1v) is 11.5. The minimum atomic E-state index is -0.670. The number of ether oxygens (including phenoxy) is 3. The maximum atomic E-state index is 13.6. The van der Waals surface area contributed by atoms with Crippen LogP contribution < -0.4 is 24.4 Å². The first-order valence-electron chi connectivity index (χ1n) is 10.3. The molecule has 2 aromatic carbocycles. The molecule has 3 heterocycles. The average molecular weight is 483 g/mol. The summed E-state index contributed by atoms with van der Waals surface area (Å²) in [5, 5.41) is 0.562. The highest BCUT2D eigenvalue weighted by molar-refractivity contribution is 7.07. The van der Waals surface area contributed by atoms with Crippen LogP contribution in [0.1, 0.15) is 31.0 Å². The number of hydrogen-bond donors (Lipinski definition) is 0. The van der Waals surface area contributed by atoms with Crippen LogP contribution in [-0.4, -0.2) is 23.9 Å². The topological polar surface area (TPSA) is 79.1 Å². The van der Waals surface area contributed by atoms with Crippen LogP contribution in [0.5, 0.6) is 11.5 Å². The number of thiazole rings is 1. The highest BCUT2D eigenvalue weighted by atomic mass is 35.5. The summed E-state index contributed by atoms with van der Waals surface area (Å²) in [6.07, 6.45) is 1.79. The van der Waals surface area contributed by atoms with Gasteiger partial charge in [0.15, 0.2) is 16.3 Å². The summed E-state index contributed by atoms with van der Waals surface area (Å²) in [5.74, 6) is 0.811. The lowest BCUT2D eigenvalue weighted by Gasteiger charge is -2.24. The summed E-state index contributed by atoms with van der Waals surface area (Å²) in [6.45, 7) is 3.89. The smallest absolute Gasteiger partial charge is 0.338 e. The second kappa shape index (κ2) is 8.53. The summed E-state index contributed by atoms with van der Waals surface area (Å²) in [6, 6.07) is 11.9. The van der Waals surface area contributed by atoms with Crippen molar-refractivity contribution >= 4 is 35.0 Å². The van der Waals surface area contributed by atoms with Crippen molar-refractivity contribution in [3.63, 3.8) is 0 Å². The van der Waals surface area contributed by atoms with Crippen LogP contribution in [0.25, 0.3) is 6.08 Å². The molecule has 0 saturated carbocycles. The number of carbonyl (C=O) groups is 1. The largest absolute Gasteiger partial charge is 0.463 e. The molecule has 0 spiro atoms. The van der Waals surface area contributed by atoms with Gasteiger partial charge in [-0.15, -0.1) is 0 Å². The Morgan fingerprint density at radius 3 is 2.76 bits per heavy atom. The standard InChI is InChI=1S/C24H19ClN2O5S/c1-3-30-23(29)20-13(2)26-24-27(21(20)15-5-7-16(25)8-6-15)22(28)19(33-24)11-14-4-9-17-18(10-14)32-12-31-17/h4-11,21H,3,12H2,1-2H3/t21-/m1/s1. The number of halogens is 1. The molecule has 0 unspecified atom stereocenters. The minimum absolute atomic E-state index is 0.179. The third-order valence-corrected chi connectivity index (χ3v) is 6.63. The molecule has 1 atom stereocenters. The molecule has 0 saturated heterocycles. The molecule has 2 aliphatic heterocycles. The molecular formula is C24H19ClN2O5S. The molecule has 7 nitrogen and oxygen atoms in total. The number of esters is 1. The van der Waals surface area contributed by atoms with Crippen LogP contribution in [0.2, 0.25) is 5.02 Å². The quantitative estimate of drug-likeness (QED) is 0.534. The zero-order chi connectivity index (χ0) is 23.1. The Morgan fingerprint density at radius 2 is 2.00 bits per heavy atom. The molecule has 0 aliphatic carbocycles. The number of rotatable bonds is 4. The van der Waals surface area contributed by atoms with E-state index in [4.69, 9.17) is 25.8 Å². The maximum Gasteiger partial charge on any atom is 0.338 e. The summed E-state index contributed by atoms with van der Waals surface area (Å²) in [4.78, 5) is 31.5. The molecule has 0 fully saturated rings. The lowest BCUT2D eigenvalue weighted by Crippen LogP contribution is -2.39. The molecule has 168 valence electrons. The normalized spacial score (nSPS) is 17.1. The molecule has 1 aromatic heterocycles. The van der Waals surface area contributed by atoms with E-state index in [-0.39, 0.29) is 19.0 Å². The van der Waals surface area contributed by atoms with Crippen LogP contribution in [-0.2, 0) is 9.53 Å². The van der Waals surface area contributed by atoms with Crippen LogP contribution in [0, 0.1) is 0 Å². The van der Waals surface area contributed by atoms with Crippen molar-refractivity contribution in [2.24, 2.45) is 4.99 Å². The van der Waals surface area contributed by atoms with Crippen molar-refractivity contribution in [1.82, 2.24) is 4.57 Å². The Bertz CT molecular complexity index is 1470. The first-order chi connectivity index (χ1) is 16.0. The number of allylic oxidation sites excluding steroid dienone is 1. The lowest BCUT2D eigenvalue weighted by atomic mass is 9.96. The summed E-state index contributed by atoms with van der Waals surface area (Å²) in [5.41, 5.74) is 2.15. The molecule has 0 N–H and O–H groups in total. The van der Waals surface area contributed by atoms with Crippen molar-refractivity contribution in [1.29, 1.82) is 0 Å². The SMILES string of the molecule is CCOC(=O)C1=C(C)N=c2sc(=Cc3ccc4c(c3)OCO4)c(=O)n2[C@@H]1c1ccc(Cl)cc1. The van der Waals surface area contributed by atoms with Crippen LogP contribution in [0.3, 0.4) is 0 Å². The fourth-order valence-electron chi connectivity index (χ4n) is 3.91. The summed E-state index contributed by atoms with van der Waals surface area (Å²) < 4.78 is 18.1. The van der Waals surface area contributed by atoms with E-state index in [0.29, 0.717) is 37.1 Å². The average Bonchev–Trinajstić information content (AvgIpc) is 3.37. The van der Waals surface area contributed by atoms with E-state index in [9.17, 15) is 9.59 Å².